The molecule has 23 heavy (non-hydrogen) atoms. The molecule has 1 aromatic carbocycles. The number of ether oxygens (including phenoxy) is 1. The second-order valence-corrected chi connectivity index (χ2v) is 5.78. The van der Waals surface area contributed by atoms with Crippen LogP contribution in [0.15, 0.2) is 48.8 Å². The Labute approximate surface area is 135 Å². The first-order valence-corrected chi connectivity index (χ1v) is 7.86. The van der Waals surface area contributed by atoms with E-state index in [0.29, 0.717) is 23.6 Å². The van der Waals surface area contributed by atoms with Crippen LogP contribution in [0.1, 0.15) is 29.6 Å². The Morgan fingerprint density at radius 1 is 1.22 bits per heavy atom. The van der Waals surface area contributed by atoms with Crippen molar-refractivity contribution in [3.8, 4) is 11.5 Å². The van der Waals surface area contributed by atoms with Crippen molar-refractivity contribution in [1.82, 2.24) is 10.3 Å². The van der Waals surface area contributed by atoms with Crippen molar-refractivity contribution in [2.24, 2.45) is 5.92 Å². The van der Waals surface area contributed by atoms with E-state index in [1.54, 1.807) is 48.8 Å². The molecule has 3 rings (SSSR count). The van der Waals surface area contributed by atoms with Gasteiger partial charge in [-0.05, 0) is 43.2 Å². The number of aliphatic hydroxyl groups is 1. The zero-order chi connectivity index (χ0) is 16.1. The van der Waals surface area contributed by atoms with Gasteiger partial charge in [-0.3, -0.25) is 9.78 Å². The summed E-state index contributed by atoms with van der Waals surface area (Å²) in [5.41, 5.74) is 0.545. The van der Waals surface area contributed by atoms with Crippen molar-refractivity contribution >= 4 is 5.91 Å². The lowest BCUT2D eigenvalue weighted by Gasteiger charge is -2.15. The highest BCUT2D eigenvalue weighted by atomic mass is 16.5. The Hall–Kier alpha value is -2.40. The van der Waals surface area contributed by atoms with Crippen LogP contribution in [0.5, 0.6) is 11.5 Å². The lowest BCUT2D eigenvalue weighted by Crippen LogP contribution is -2.32. The Balaban J connectivity index is 1.61. The number of hydrogen-bond donors (Lipinski definition) is 2. The largest absolute Gasteiger partial charge is 0.457 e. The number of carbonyl (C=O) groups is 1. The number of rotatable bonds is 5. The van der Waals surface area contributed by atoms with Crippen molar-refractivity contribution in [1.29, 1.82) is 0 Å². The summed E-state index contributed by atoms with van der Waals surface area (Å²) in [6.45, 7) is 0.509. The molecule has 2 unspecified atom stereocenters. The first-order valence-electron chi connectivity index (χ1n) is 7.86. The lowest BCUT2D eigenvalue weighted by atomic mass is 10.1. The molecule has 120 valence electrons. The van der Waals surface area contributed by atoms with E-state index in [9.17, 15) is 9.90 Å². The van der Waals surface area contributed by atoms with E-state index >= 15 is 0 Å². The maximum absolute atomic E-state index is 12.3. The topological polar surface area (TPSA) is 71.5 Å². The Bertz CT molecular complexity index is 660. The molecule has 1 heterocycles. The number of aromatic nitrogens is 1. The van der Waals surface area contributed by atoms with Gasteiger partial charge in [0.25, 0.3) is 5.91 Å². The molecule has 2 N–H and O–H groups in total. The van der Waals surface area contributed by atoms with E-state index in [1.807, 2.05) is 0 Å². The van der Waals surface area contributed by atoms with Crippen molar-refractivity contribution in [3.05, 3.63) is 54.4 Å². The Morgan fingerprint density at radius 3 is 2.78 bits per heavy atom. The third kappa shape index (κ3) is 4.07. The van der Waals surface area contributed by atoms with Gasteiger partial charge in [-0.15, -0.1) is 0 Å². The summed E-state index contributed by atoms with van der Waals surface area (Å²) in [7, 11) is 0. The number of carbonyl (C=O) groups excluding carboxylic acids is 1. The van der Waals surface area contributed by atoms with Crippen LogP contribution in [-0.4, -0.2) is 28.6 Å². The molecule has 5 heteroatoms. The van der Waals surface area contributed by atoms with Gasteiger partial charge in [0.15, 0.2) is 0 Å². The summed E-state index contributed by atoms with van der Waals surface area (Å²) in [5.74, 6) is 1.29. The summed E-state index contributed by atoms with van der Waals surface area (Å²) >= 11 is 0. The lowest BCUT2D eigenvalue weighted by molar-refractivity contribution is 0.0916. The molecule has 5 nitrogen and oxygen atoms in total. The molecule has 1 aliphatic rings. The number of amides is 1. The number of nitrogens with zero attached hydrogens (tertiary/aromatic N) is 1. The van der Waals surface area contributed by atoms with Crippen molar-refractivity contribution in [2.45, 2.75) is 25.4 Å². The van der Waals surface area contributed by atoms with Gasteiger partial charge in [0.2, 0.25) is 0 Å². The van der Waals surface area contributed by atoms with E-state index in [2.05, 4.69) is 10.3 Å². The van der Waals surface area contributed by atoms with Crippen LogP contribution < -0.4 is 10.1 Å². The van der Waals surface area contributed by atoms with Crippen LogP contribution in [0.25, 0.3) is 0 Å². The van der Waals surface area contributed by atoms with E-state index in [1.165, 1.54) is 0 Å². The molecule has 0 aliphatic heterocycles. The van der Waals surface area contributed by atoms with Crippen molar-refractivity contribution in [3.63, 3.8) is 0 Å². The number of hydrogen-bond acceptors (Lipinski definition) is 4. The first-order chi connectivity index (χ1) is 11.2. The fourth-order valence-corrected chi connectivity index (χ4v) is 2.82. The van der Waals surface area contributed by atoms with Crippen LogP contribution in [-0.2, 0) is 0 Å². The van der Waals surface area contributed by atoms with Crippen LogP contribution in [0.2, 0.25) is 0 Å². The van der Waals surface area contributed by atoms with Crippen molar-refractivity contribution < 1.29 is 14.6 Å². The second-order valence-electron chi connectivity index (χ2n) is 5.78. The molecule has 0 radical (unpaired) electrons. The van der Waals surface area contributed by atoms with Crippen LogP contribution in [0.4, 0.5) is 0 Å². The average Bonchev–Trinajstić information content (AvgIpc) is 2.99. The summed E-state index contributed by atoms with van der Waals surface area (Å²) < 4.78 is 5.70. The van der Waals surface area contributed by atoms with Gasteiger partial charge >= 0.3 is 0 Å². The smallest absolute Gasteiger partial charge is 0.251 e. The number of pyridine rings is 1. The van der Waals surface area contributed by atoms with Gasteiger partial charge in [0, 0.05) is 30.4 Å². The molecule has 2 aromatic rings. The number of nitrogens with one attached hydrogen (secondary N) is 1. The summed E-state index contributed by atoms with van der Waals surface area (Å²) in [4.78, 5) is 16.2. The molecule has 1 saturated carbocycles. The third-order valence-electron chi connectivity index (χ3n) is 4.13. The highest BCUT2D eigenvalue weighted by Crippen LogP contribution is 2.25. The minimum absolute atomic E-state index is 0.149. The fraction of sp³-hybridized carbons (Fsp3) is 0.333. The molecule has 0 spiro atoms. The van der Waals surface area contributed by atoms with E-state index in [-0.39, 0.29) is 17.9 Å². The maximum Gasteiger partial charge on any atom is 0.251 e. The highest BCUT2D eigenvalue weighted by Gasteiger charge is 2.25. The zero-order valence-corrected chi connectivity index (χ0v) is 12.8. The van der Waals surface area contributed by atoms with Gasteiger partial charge in [0.05, 0.1) is 6.10 Å². The quantitative estimate of drug-likeness (QED) is 0.890. The average molecular weight is 312 g/mol. The minimum atomic E-state index is -0.295. The SMILES string of the molecule is O=C(NCC1CCCC1O)c1cccc(Oc2ccncc2)c1. The molecule has 2 atom stereocenters. The summed E-state index contributed by atoms with van der Waals surface area (Å²) in [6.07, 6.45) is 5.83. The second kappa shape index (κ2) is 7.24. The molecular weight excluding hydrogens is 292 g/mol. The number of benzene rings is 1. The van der Waals surface area contributed by atoms with Crippen molar-refractivity contribution in [2.75, 3.05) is 6.54 Å². The van der Waals surface area contributed by atoms with Gasteiger partial charge in [-0.1, -0.05) is 12.5 Å². The van der Waals surface area contributed by atoms with Crippen LogP contribution >= 0.6 is 0 Å². The molecule has 0 bridgehead atoms. The standard InChI is InChI=1S/C18H20N2O3/c21-17-6-2-4-14(17)12-20-18(22)13-3-1-5-16(11-13)23-15-7-9-19-10-8-15/h1,3,5,7-11,14,17,21H,2,4,6,12H2,(H,20,22). The monoisotopic (exact) mass is 312 g/mol. The molecule has 1 aliphatic carbocycles. The Morgan fingerprint density at radius 2 is 2.04 bits per heavy atom. The molecule has 1 fully saturated rings. The van der Waals surface area contributed by atoms with Gasteiger partial charge in [0.1, 0.15) is 11.5 Å². The number of aliphatic hydroxyl groups excluding tert-OH is 1. The van der Waals surface area contributed by atoms with E-state index < -0.39 is 0 Å². The van der Waals surface area contributed by atoms with Gasteiger partial charge in [-0.2, -0.15) is 0 Å². The normalized spacial score (nSPS) is 20.2. The van der Waals surface area contributed by atoms with E-state index in [4.69, 9.17) is 4.74 Å². The van der Waals surface area contributed by atoms with E-state index in [0.717, 1.165) is 19.3 Å². The molecular formula is C18H20N2O3. The predicted octanol–water partition coefficient (Wildman–Crippen LogP) is 2.76. The molecule has 1 aromatic heterocycles. The molecule has 1 amide bonds. The zero-order valence-electron chi connectivity index (χ0n) is 12.8. The first kappa shape index (κ1) is 15.5. The summed E-state index contributed by atoms with van der Waals surface area (Å²) in [6, 6.07) is 10.6. The highest BCUT2D eigenvalue weighted by molar-refractivity contribution is 5.94. The minimum Gasteiger partial charge on any atom is -0.457 e. The predicted molar refractivity (Wildman–Crippen MR) is 86.4 cm³/mol. The maximum atomic E-state index is 12.3. The Kier molecular flexibility index (Phi) is 4.88. The third-order valence-corrected chi connectivity index (χ3v) is 4.13. The fourth-order valence-electron chi connectivity index (χ4n) is 2.82. The molecule has 0 saturated heterocycles. The summed E-state index contributed by atoms with van der Waals surface area (Å²) in [5, 5.41) is 12.7. The van der Waals surface area contributed by atoms with Gasteiger partial charge in [-0.25, -0.2) is 0 Å². The van der Waals surface area contributed by atoms with Crippen LogP contribution in [0.3, 0.4) is 0 Å². The van der Waals surface area contributed by atoms with Crippen LogP contribution in [0, 0.1) is 5.92 Å². The van der Waals surface area contributed by atoms with Gasteiger partial charge < -0.3 is 15.2 Å².